The third kappa shape index (κ3) is 5.94. The number of hydrogen-bond donors (Lipinski definition) is 1. The Hall–Kier alpha value is -2.23. The molecule has 0 radical (unpaired) electrons. The van der Waals surface area contributed by atoms with Crippen molar-refractivity contribution >= 4 is 22.0 Å². The van der Waals surface area contributed by atoms with Gasteiger partial charge in [0.2, 0.25) is 5.91 Å². The van der Waals surface area contributed by atoms with Gasteiger partial charge in [0.15, 0.2) is 21.3 Å². The number of carbonyl (C=O) groups is 1. The highest BCUT2D eigenvalue weighted by molar-refractivity contribution is 7.91. The maximum absolute atomic E-state index is 12.6. The van der Waals surface area contributed by atoms with Crippen molar-refractivity contribution < 1.29 is 31.5 Å². The monoisotopic (exact) mass is 390 g/mol. The van der Waals surface area contributed by atoms with Crippen LogP contribution in [0.25, 0.3) is 0 Å². The van der Waals surface area contributed by atoms with Crippen molar-refractivity contribution in [3.63, 3.8) is 0 Å². The number of benzene rings is 1. The Balaban J connectivity index is 2.00. The van der Waals surface area contributed by atoms with E-state index < -0.39 is 22.4 Å². The maximum Gasteiger partial charge on any atom is 0.387 e. The molecule has 1 aliphatic heterocycles. The summed E-state index contributed by atoms with van der Waals surface area (Å²) in [4.78, 5) is 11.8. The first kappa shape index (κ1) is 20.1. The van der Waals surface area contributed by atoms with Gasteiger partial charge in [-0.1, -0.05) is 6.07 Å². The summed E-state index contributed by atoms with van der Waals surface area (Å²) < 4.78 is 57.7. The lowest BCUT2D eigenvalue weighted by atomic mass is 10.1. The quantitative estimate of drug-likeness (QED) is 0.541. The maximum atomic E-state index is 12.6. The zero-order valence-corrected chi connectivity index (χ0v) is 15.0. The SMILES string of the molecule is CCOc1cccc(/C=N\NC(=O)C[C@H]2CCS(=O)(=O)C2)c1OC(F)F. The molecule has 1 fully saturated rings. The largest absolute Gasteiger partial charge is 0.490 e. The van der Waals surface area contributed by atoms with E-state index in [2.05, 4.69) is 15.3 Å². The van der Waals surface area contributed by atoms with E-state index in [9.17, 15) is 22.0 Å². The second-order valence-electron chi connectivity index (χ2n) is 5.75. The van der Waals surface area contributed by atoms with Crippen LogP contribution in [-0.4, -0.2) is 45.3 Å². The normalized spacial score (nSPS) is 19.0. The van der Waals surface area contributed by atoms with Gasteiger partial charge in [0.1, 0.15) is 0 Å². The van der Waals surface area contributed by atoms with Crippen LogP contribution in [0.5, 0.6) is 11.5 Å². The Kier molecular flexibility index (Phi) is 6.90. The molecular formula is C16H20F2N2O5S. The third-order valence-corrected chi connectivity index (χ3v) is 5.55. The molecule has 10 heteroatoms. The second-order valence-corrected chi connectivity index (χ2v) is 7.98. The lowest BCUT2D eigenvalue weighted by molar-refractivity contribution is -0.121. The first-order valence-corrected chi connectivity index (χ1v) is 9.86. The average Bonchev–Trinajstić information content (AvgIpc) is 2.88. The van der Waals surface area contributed by atoms with Crippen LogP contribution < -0.4 is 14.9 Å². The summed E-state index contributed by atoms with van der Waals surface area (Å²) in [7, 11) is -3.05. The standard InChI is InChI=1S/C16H20F2N2O5S/c1-2-24-13-5-3-4-12(15(13)25-16(17)18)9-19-20-14(21)8-11-6-7-26(22,23)10-11/h3-5,9,11,16H,2,6-8,10H2,1H3,(H,20,21)/b19-9-/t11-/m1/s1. The number of sulfone groups is 1. The number of ether oxygens (including phenoxy) is 2. The van der Waals surface area contributed by atoms with E-state index in [0.29, 0.717) is 6.42 Å². The Labute approximate surface area is 150 Å². The zero-order valence-electron chi connectivity index (χ0n) is 14.2. The molecule has 0 saturated carbocycles. The molecule has 1 aliphatic rings. The lowest BCUT2D eigenvalue weighted by Gasteiger charge is -2.13. The van der Waals surface area contributed by atoms with Crippen molar-refractivity contribution in [2.75, 3.05) is 18.1 Å². The van der Waals surface area contributed by atoms with Crippen LogP contribution >= 0.6 is 0 Å². The predicted molar refractivity (Wildman–Crippen MR) is 91.4 cm³/mol. The van der Waals surface area contributed by atoms with Gasteiger partial charge >= 0.3 is 6.61 Å². The van der Waals surface area contributed by atoms with Crippen molar-refractivity contribution in [3.05, 3.63) is 23.8 Å². The molecule has 144 valence electrons. The molecule has 1 atom stereocenters. The molecule has 1 amide bonds. The summed E-state index contributed by atoms with van der Waals surface area (Å²) in [5, 5.41) is 3.73. The fourth-order valence-corrected chi connectivity index (χ4v) is 4.50. The van der Waals surface area contributed by atoms with Crippen molar-refractivity contribution in [3.8, 4) is 11.5 Å². The van der Waals surface area contributed by atoms with Crippen LogP contribution in [-0.2, 0) is 14.6 Å². The number of hydrogen-bond acceptors (Lipinski definition) is 6. The van der Waals surface area contributed by atoms with E-state index in [1.165, 1.54) is 18.3 Å². The van der Waals surface area contributed by atoms with Gasteiger partial charge in [-0.3, -0.25) is 4.79 Å². The third-order valence-electron chi connectivity index (χ3n) is 3.71. The smallest absolute Gasteiger partial charge is 0.387 e. The van der Waals surface area contributed by atoms with E-state index in [4.69, 9.17) is 4.74 Å². The van der Waals surface area contributed by atoms with Crippen molar-refractivity contribution in [1.82, 2.24) is 5.43 Å². The molecule has 0 bridgehead atoms. The molecule has 1 aromatic carbocycles. The van der Waals surface area contributed by atoms with Gasteiger partial charge in [0, 0.05) is 12.0 Å². The summed E-state index contributed by atoms with van der Waals surface area (Å²) in [6, 6.07) is 4.55. The van der Waals surface area contributed by atoms with E-state index in [0.717, 1.165) is 0 Å². The van der Waals surface area contributed by atoms with Crippen LogP contribution in [0.3, 0.4) is 0 Å². The van der Waals surface area contributed by atoms with Gasteiger partial charge in [0.05, 0.1) is 24.3 Å². The van der Waals surface area contributed by atoms with Crippen LogP contribution in [0.4, 0.5) is 8.78 Å². The summed E-state index contributed by atoms with van der Waals surface area (Å²) in [6.45, 7) is -1.07. The molecule has 1 aromatic rings. The molecule has 1 N–H and O–H groups in total. The van der Waals surface area contributed by atoms with E-state index in [1.807, 2.05) is 0 Å². The van der Waals surface area contributed by atoms with Crippen molar-refractivity contribution in [1.29, 1.82) is 0 Å². The summed E-state index contributed by atoms with van der Waals surface area (Å²) >= 11 is 0. The average molecular weight is 390 g/mol. The van der Waals surface area contributed by atoms with Crippen molar-refractivity contribution in [2.24, 2.45) is 11.0 Å². The first-order valence-electron chi connectivity index (χ1n) is 8.03. The zero-order chi connectivity index (χ0) is 19.2. The highest BCUT2D eigenvalue weighted by atomic mass is 32.2. The number of para-hydroxylation sites is 1. The van der Waals surface area contributed by atoms with Crippen LogP contribution in [0, 0.1) is 5.92 Å². The van der Waals surface area contributed by atoms with Gasteiger partial charge in [0.25, 0.3) is 0 Å². The number of amides is 1. The minimum atomic E-state index is -3.05. The van der Waals surface area contributed by atoms with Gasteiger partial charge in [-0.15, -0.1) is 0 Å². The Morgan fingerprint density at radius 3 is 2.85 bits per heavy atom. The number of nitrogens with zero attached hydrogens (tertiary/aromatic N) is 1. The minimum Gasteiger partial charge on any atom is -0.490 e. The Bertz CT molecular complexity index is 768. The van der Waals surface area contributed by atoms with Gasteiger partial charge in [-0.2, -0.15) is 13.9 Å². The summed E-state index contributed by atoms with van der Waals surface area (Å²) in [6.07, 6.45) is 1.65. The second kappa shape index (κ2) is 8.93. The number of rotatable bonds is 8. The van der Waals surface area contributed by atoms with E-state index >= 15 is 0 Å². The lowest BCUT2D eigenvalue weighted by Crippen LogP contribution is -2.21. The Morgan fingerprint density at radius 2 is 2.23 bits per heavy atom. The molecule has 1 saturated heterocycles. The molecule has 26 heavy (non-hydrogen) atoms. The number of alkyl halides is 2. The molecule has 7 nitrogen and oxygen atoms in total. The van der Waals surface area contributed by atoms with Gasteiger partial charge in [-0.05, 0) is 31.4 Å². The van der Waals surface area contributed by atoms with Crippen LogP contribution in [0.15, 0.2) is 23.3 Å². The number of nitrogens with one attached hydrogen (secondary N) is 1. The summed E-state index contributed by atoms with van der Waals surface area (Å²) in [5.74, 6) is -0.627. The molecule has 2 rings (SSSR count). The van der Waals surface area contributed by atoms with Crippen LogP contribution in [0.2, 0.25) is 0 Å². The van der Waals surface area contributed by atoms with Gasteiger partial charge < -0.3 is 9.47 Å². The molecule has 0 aromatic heterocycles. The molecule has 0 unspecified atom stereocenters. The van der Waals surface area contributed by atoms with Gasteiger partial charge in [-0.25, -0.2) is 13.8 Å². The summed E-state index contributed by atoms with van der Waals surface area (Å²) in [5.41, 5.74) is 2.48. The molecule has 0 aliphatic carbocycles. The van der Waals surface area contributed by atoms with Crippen LogP contribution in [0.1, 0.15) is 25.3 Å². The van der Waals surface area contributed by atoms with E-state index in [-0.39, 0.29) is 47.5 Å². The molecule has 1 heterocycles. The molecular weight excluding hydrogens is 370 g/mol. The van der Waals surface area contributed by atoms with E-state index in [1.54, 1.807) is 13.0 Å². The number of carbonyl (C=O) groups excluding carboxylic acids is 1. The predicted octanol–water partition coefficient (Wildman–Crippen LogP) is 1.96. The fourth-order valence-electron chi connectivity index (χ4n) is 2.63. The fraction of sp³-hybridized carbons (Fsp3) is 0.500. The minimum absolute atomic E-state index is 0.00703. The number of halogens is 2. The number of hydrazone groups is 1. The Morgan fingerprint density at radius 1 is 1.46 bits per heavy atom. The first-order chi connectivity index (χ1) is 12.3. The van der Waals surface area contributed by atoms with Crippen molar-refractivity contribution in [2.45, 2.75) is 26.4 Å². The molecule has 0 spiro atoms. The highest BCUT2D eigenvalue weighted by Gasteiger charge is 2.29. The highest BCUT2D eigenvalue weighted by Crippen LogP contribution is 2.31. The topological polar surface area (TPSA) is 94.1 Å².